The van der Waals surface area contributed by atoms with Crippen LogP contribution in [0.2, 0.25) is 0 Å². The summed E-state index contributed by atoms with van der Waals surface area (Å²) in [5.41, 5.74) is 0.945. The van der Waals surface area contributed by atoms with Crippen LogP contribution >= 0.6 is 0 Å². The summed E-state index contributed by atoms with van der Waals surface area (Å²) in [5.74, 6) is 2.86. The molecule has 1 aromatic rings. The molecule has 0 saturated heterocycles. The van der Waals surface area contributed by atoms with E-state index in [0.717, 1.165) is 5.56 Å². The Balaban J connectivity index is 2.59. The van der Waals surface area contributed by atoms with Crippen molar-refractivity contribution in [3.8, 4) is 12.0 Å². The van der Waals surface area contributed by atoms with Crippen LogP contribution in [0.1, 0.15) is 5.56 Å². The second kappa shape index (κ2) is 4.94. The molecule has 3 nitrogen and oxygen atoms in total. The van der Waals surface area contributed by atoms with E-state index in [1.54, 1.807) is 19.1 Å². The Labute approximate surface area is 78.1 Å². The summed E-state index contributed by atoms with van der Waals surface area (Å²) in [7, 11) is 3.60. The zero-order valence-electron chi connectivity index (χ0n) is 7.73. The van der Waals surface area contributed by atoms with Gasteiger partial charge >= 0.3 is 0 Å². The van der Waals surface area contributed by atoms with Crippen molar-refractivity contribution >= 4 is 0 Å². The first kappa shape index (κ1) is 9.27. The molecule has 0 amide bonds. The highest BCUT2D eigenvalue weighted by Crippen LogP contribution is 1.94. The van der Waals surface area contributed by atoms with Gasteiger partial charge in [-0.3, -0.25) is 5.01 Å². The summed E-state index contributed by atoms with van der Waals surface area (Å²) in [5, 5.41) is 8.98. The molecule has 0 unspecified atom stereocenters. The monoisotopic (exact) mass is 173 g/mol. The molecule has 0 radical (unpaired) electrons. The lowest BCUT2D eigenvalue weighted by Gasteiger charge is -1.96. The van der Waals surface area contributed by atoms with Crippen molar-refractivity contribution < 1.29 is 0 Å². The van der Waals surface area contributed by atoms with E-state index in [4.69, 9.17) is 0 Å². The lowest BCUT2D eigenvalue weighted by Crippen LogP contribution is -1.98. The van der Waals surface area contributed by atoms with Crippen molar-refractivity contribution in [3.63, 3.8) is 0 Å². The third-order valence-electron chi connectivity index (χ3n) is 1.25. The van der Waals surface area contributed by atoms with E-state index in [1.807, 2.05) is 30.3 Å². The van der Waals surface area contributed by atoms with Gasteiger partial charge in [0.1, 0.15) is 0 Å². The summed E-state index contributed by atoms with van der Waals surface area (Å²) in [6, 6.07) is 12.3. The fourth-order valence-corrected chi connectivity index (χ4v) is 0.723. The Morgan fingerprint density at radius 1 is 1.15 bits per heavy atom. The quantitative estimate of drug-likeness (QED) is 0.362. The normalized spacial score (nSPS) is 9.38. The first-order valence-electron chi connectivity index (χ1n) is 3.93. The Bertz CT molecular complexity index is 330. The Kier molecular flexibility index (Phi) is 3.52. The van der Waals surface area contributed by atoms with Crippen LogP contribution in [-0.2, 0) is 0 Å². The van der Waals surface area contributed by atoms with Gasteiger partial charge in [-0.15, -0.1) is 0 Å². The zero-order chi connectivity index (χ0) is 9.52. The van der Waals surface area contributed by atoms with Crippen LogP contribution in [0.25, 0.3) is 0 Å². The van der Waals surface area contributed by atoms with Crippen LogP contribution in [0.5, 0.6) is 0 Å². The molecule has 0 heterocycles. The van der Waals surface area contributed by atoms with E-state index in [1.165, 1.54) is 0 Å². The number of nitrogens with zero attached hydrogens (tertiary/aromatic N) is 3. The molecule has 0 N–H and O–H groups in total. The fraction of sp³-hybridized carbons (Fsp3) is 0.200. The molecule has 0 aliphatic rings. The van der Waals surface area contributed by atoms with Crippen LogP contribution in [0.15, 0.2) is 40.7 Å². The average Bonchev–Trinajstić information content (AvgIpc) is 2.14. The predicted molar refractivity (Wildman–Crippen MR) is 51.9 cm³/mol. The van der Waals surface area contributed by atoms with Gasteiger partial charge in [0.2, 0.25) is 0 Å². The molecule has 1 rings (SSSR count). The van der Waals surface area contributed by atoms with Crippen LogP contribution in [-0.4, -0.2) is 19.1 Å². The average molecular weight is 173 g/mol. The predicted octanol–water partition coefficient (Wildman–Crippen LogP) is 1.92. The second-order valence-electron chi connectivity index (χ2n) is 2.64. The van der Waals surface area contributed by atoms with Crippen molar-refractivity contribution in [3.05, 3.63) is 35.9 Å². The minimum Gasteiger partial charge on any atom is -0.284 e. The van der Waals surface area contributed by atoms with E-state index in [2.05, 4.69) is 22.3 Å². The Morgan fingerprint density at radius 2 is 1.85 bits per heavy atom. The van der Waals surface area contributed by atoms with Crippen LogP contribution < -0.4 is 0 Å². The molecule has 0 fully saturated rings. The summed E-state index contributed by atoms with van der Waals surface area (Å²) < 4.78 is 0. The molecular weight excluding hydrogens is 162 g/mol. The maximum Gasteiger partial charge on any atom is 0.0648 e. The first-order chi connectivity index (χ1) is 6.29. The van der Waals surface area contributed by atoms with E-state index >= 15 is 0 Å². The standard InChI is InChI=1S/C10H11N3/c1-13(2)12-11-9-8-10-6-4-3-5-7-10/h3-7H,1-2H3/b12-11+. The molecule has 0 aliphatic carbocycles. The largest absolute Gasteiger partial charge is 0.284 e. The molecule has 66 valence electrons. The maximum absolute atomic E-state index is 3.72. The molecule has 0 atom stereocenters. The molecule has 0 spiro atoms. The van der Waals surface area contributed by atoms with Gasteiger partial charge in [0.25, 0.3) is 0 Å². The van der Waals surface area contributed by atoms with E-state index in [-0.39, 0.29) is 0 Å². The molecule has 0 aromatic heterocycles. The SMILES string of the molecule is CN(C)/N=N/C#Cc1ccccc1. The van der Waals surface area contributed by atoms with Crippen LogP contribution in [0.3, 0.4) is 0 Å². The highest BCUT2D eigenvalue weighted by Gasteiger charge is 1.79. The van der Waals surface area contributed by atoms with Crippen molar-refractivity contribution in [2.45, 2.75) is 0 Å². The second-order valence-corrected chi connectivity index (χ2v) is 2.64. The molecular formula is C10H11N3. The Morgan fingerprint density at radius 3 is 2.46 bits per heavy atom. The van der Waals surface area contributed by atoms with E-state index < -0.39 is 0 Å². The lowest BCUT2D eigenvalue weighted by atomic mass is 10.2. The number of hydrogen-bond donors (Lipinski definition) is 0. The molecule has 3 heteroatoms. The van der Waals surface area contributed by atoms with Gasteiger partial charge in [-0.1, -0.05) is 28.5 Å². The van der Waals surface area contributed by atoms with Gasteiger partial charge in [-0.2, -0.15) is 0 Å². The van der Waals surface area contributed by atoms with E-state index in [0.29, 0.717) is 0 Å². The van der Waals surface area contributed by atoms with Crippen LogP contribution in [0.4, 0.5) is 0 Å². The molecule has 13 heavy (non-hydrogen) atoms. The molecule has 0 saturated carbocycles. The summed E-state index contributed by atoms with van der Waals surface area (Å²) in [6.07, 6.45) is 0. The van der Waals surface area contributed by atoms with Crippen molar-refractivity contribution in [2.24, 2.45) is 10.3 Å². The number of rotatable bonds is 1. The van der Waals surface area contributed by atoms with Crippen molar-refractivity contribution in [1.29, 1.82) is 0 Å². The smallest absolute Gasteiger partial charge is 0.0648 e. The van der Waals surface area contributed by atoms with Gasteiger partial charge in [-0.05, 0) is 18.1 Å². The molecule has 0 bridgehead atoms. The van der Waals surface area contributed by atoms with Gasteiger partial charge in [0, 0.05) is 19.7 Å². The van der Waals surface area contributed by atoms with Gasteiger partial charge in [0.05, 0.1) is 6.04 Å². The fourth-order valence-electron chi connectivity index (χ4n) is 0.723. The topological polar surface area (TPSA) is 28.0 Å². The highest BCUT2D eigenvalue weighted by atomic mass is 15.5. The highest BCUT2D eigenvalue weighted by molar-refractivity contribution is 5.32. The zero-order valence-corrected chi connectivity index (χ0v) is 7.73. The van der Waals surface area contributed by atoms with Gasteiger partial charge in [-0.25, -0.2) is 0 Å². The van der Waals surface area contributed by atoms with Gasteiger partial charge < -0.3 is 0 Å². The minimum absolute atomic E-state index is 0.945. The molecule has 1 aromatic carbocycles. The maximum atomic E-state index is 3.72. The third kappa shape index (κ3) is 3.92. The number of hydrogen-bond acceptors (Lipinski definition) is 2. The Hall–Kier alpha value is -1.82. The summed E-state index contributed by atoms with van der Waals surface area (Å²) in [4.78, 5) is 0. The van der Waals surface area contributed by atoms with Crippen LogP contribution in [0, 0.1) is 12.0 Å². The molecule has 0 aliphatic heterocycles. The van der Waals surface area contributed by atoms with Gasteiger partial charge in [0.15, 0.2) is 0 Å². The van der Waals surface area contributed by atoms with Crippen molar-refractivity contribution in [2.75, 3.05) is 14.1 Å². The van der Waals surface area contributed by atoms with Crippen molar-refractivity contribution in [1.82, 2.24) is 5.01 Å². The summed E-state index contributed by atoms with van der Waals surface area (Å²) >= 11 is 0. The van der Waals surface area contributed by atoms with E-state index in [9.17, 15) is 0 Å². The lowest BCUT2D eigenvalue weighted by molar-refractivity contribution is 0.409. The first-order valence-corrected chi connectivity index (χ1v) is 3.93. The third-order valence-corrected chi connectivity index (χ3v) is 1.25. The summed E-state index contributed by atoms with van der Waals surface area (Å²) in [6.45, 7) is 0. The number of benzene rings is 1. The minimum atomic E-state index is 0.945.